The number of benzene rings is 1. The van der Waals surface area contributed by atoms with Crippen molar-refractivity contribution in [2.75, 3.05) is 24.8 Å². The Balaban J connectivity index is 2.11. The number of para-hydroxylation sites is 1. The lowest BCUT2D eigenvalue weighted by Crippen LogP contribution is -2.30. The molecule has 0 aliphatic carbocycles. The van der Waals surface area contributed by atoms with Crippen LogP contribution in [0.2, 0.25) is 0 Å². The number of nitrogens with zero attached hydrogens (tertiary/aromatic N) is 4. The van der Waals surface area contributed by atoms with Crippen molar-refractivity contribution in [3.8, 4) is 0 Å². The van der Waals surface area contributed by atoms with Crippen LogP contribution in [0.5, 0.6) is 0 Å². The van der Waals surface area contributed by atoms with Crippen LogP contribution in [0.4, 0.5) is 11.6 Å². The van der Waals surface area contributed by atoms with E-state index < -0.39 is 22.9 Å². The molecule has 162 valence electrons. The van der Waals surface area contributed by atoms with Gasteiger partial charge in [0, 0.05) is 11.8 Å². The number of nitro benzene ring substituents is 1. The van der Waals surface area contributed by atoms with Gasteiger partial charge in [0.2, 0.25) is 11.1 Å². The van der Waals surface area contributed by atoms with Crippen LogP contribution in [0.1, 0.15) is 18.5 Å². The number of esters is 2. The molecule has 1 aromatic carbocycles. The van der Waals surface area contributed by atoms with Crippen molar-refractivity contribution in [1.29, 1.82) is 0 Å². The Morgan fingerprint density at radius 3 is 2.84 bits per heavy atom. The molecule has 1 atom stereocenters. The lowest BCUT2D eigenvalue weighted by Gasteiger charge is -2.27. The number of hydrogen-bond donors (Lipinski definition) is 1. The van der Waals surface area contributed by atoms with Crippen LogP contribution in [0.25, 0.3) is 0 Å². The van der Waals surface area contributed by atoms with Crippen LogP contribution in [0, 0.1) is 10.1 Å². The van der Waals surface area contributed by atoms with E-state index in [9.17, 15) is 19.7 Å². The van der Waals surface area contributed by atoms with Gasteiger partial charge in [0.05, 0.1) is 28.9 Å². The lowest BCUT2D eigenvalue weighted by atomic mass is 9.94. The number of hydrogen-bond acceptors (Lipinski definition) is 10. The number of nitro groups is 1. The summed E-state index contributed by atoms with van der Waals surface area (Å²) in [5.74, 6) is -0.869. The third-order valence-electron chi connectivity index (χ3n) is 4.36. The average Bonchev–Trinajstić information content (AvgIpc) is 3.17. The molecule has 0 fully saturated rings. The van der Waals surface area contributed by atoms with Gasteiger partial charge in [0.25, 0.3) is 5.69 Å². The fourth-order valence-electron chi connectivity index (χ4n) is 3.02. The number of methoxy groups -OCH3 is 1. The van der Waals surface area contributed by atoms with Crippen molar-refractivity contribution >= 4 is 35.3 Å². The van der Waals surface area contributed by atoms with Gasteiger partial charge in [-0.3, -0.25) is 14.9 Å². The maximum Gasteiger partial charge on any atom is 0.338 e. The highest BCUT2D eigenvalue weighted by Crippen LogP contribution is 2.39. The molecule has 1 aliphatic heterocycles. The first kappa shape index (κ1) is 22.0. The molecule has 0 saturated heterocycles. The van der Waals surface area contributed by atoms with Gasteiger partial charge < -0.3 is 14.8 Å². The number of fused-ring (bicyclic) bond motifs is 1. The van der Waals surface area contributed by atoms with E-state index in [1.165, 1.54) is 30.0 Å². The van der Waals surface area contributed by atoms with Crippen molar-refractivity contribution in [2.45, 2.75) is 18.1 Å². The lowest BCUT2D eigenvalue weighted by molar-refractivity contribution is -0.385. The highest BCUT2D eigenvalue weighted by molar-refractivity contribution is 7.99. The molecule has 12 heteroatoms. The number of nitrogens with one attached hydrogen (secondary N) is 1. The Morgan fingerprint density at radius 1 is 1.42 bits per heavy atom. The molecule has 0 bridgehead atoms. The molecule has 0 amide bonds. The van der Waals surface area contributed by atoms with E-state index in [1.807, 2.05) is 0 Å². The number of allylic oxidation sites excluding steroid dienone is 1. The first-order valence-corrected chi connectivity index (χ1v) is 10.0. The molecule has 0 unspecified atom stereocenters. The summed E-state index contributed by atoms with van der Waals surface area (Å²) >= 11 is 1.04. The van der Waals surface area contributed by atoms with Crippen LogP contribution < -0.4 is 5.32 Å². The Morgan fingerprint density at radius 2 is 2.16 bits per heavy atom. The smallest absolute Gasteiger partial charge is 0.338 e. The van der Waals surface area contributed by atoms with E-state index in [2.05, 4.69) is 26.7 Å². The second-order valence-electron chi connectivity index (χ2n) is 6.30. The largest absolute Gasteiger partial charge is 0.468 e. The Hall–Kier alpha value is -3.67. The summed E-state index contributed by atoms with van der Waals surface area (Å²) in [5.41, 5.74) is 0.635. The van der Waals surface area contributed by atoms with Gasteiger partial charge in [0.15, 0.2) is 0 Å². The zero-order valence-electron chi connectivity index (χ0n) is 16.7. The van der Waals surface area contributed by atoms with Crippen molar-refractivity contribution in [3.05, 3.63) is 63.9 Å². The minimum atomic E-state index is -0.963. The second kappa shape index (κ2) is 9.43. The van der Waals surface area contributed by atoms with Gasteiger partial charge in [-0.1, -0.05) is 36.5 Å². The molecule has 1 N–H and O–H groups in total. The predicted molar refractivity (Wildman–Crippen MR) is 111 cm³/mol. The molecule has 1 aliphatic rings. The van der Waals surface area contributed by atoms with Gasteiger partial charge >= 0.3 is 11.9 Å². The van der Waals surface area contributed by atoms with E-state index in [-0.39, 0.29) is 40.3 Å². The highest BCUT2D eigenvalue weighted by Gasteiger charge is 2.38. The number of rotatable bonds is 8. The first-order valence-electron chi connectivity index (χ1n) is 9.02. The summed E-state index contributed by atoms with van der Waals surface area (Å²) in [4.78, 5) is 39.8. The molecule has 31 heavy (non-hydrogen) atoms. The summed E-state index contributed by atoms with van der Waals surface area (Å²) < 4.78 is 11.2. The third kappa shape index (κ3) is 4.58. The van der Waals surface area contributed by atoms with E-state index in [0.717, 1.165) is 11.8 Å². The van der Waals surface area contributed by atoms with E-state index >= 15 is 0 Å². The number of thioether (sulfide) groups is 1. The molecule has 0 saturated carbocycles. The monoisotopic (exact) mass is 445 g/mol. The van der Waals surface area contributed by atoms with Crippen LogP contribution in [-0.2, 0) is 19.1 Å². The summed E-state index contributed by atoms with van der Waals surface area (Å²) in [6.07, 6.45) is 1.42. The molecule has 2 aromatic rings. The molecule has 3 rings (SSSR count). The minimum absolute atomic E-state index is 0.0171. The second-order valence-corrected chi connectivity index (χ2v) is 7.24. The van der Waals surface area contributed by atoms with Gasteiger partial charge in [-0.05, 0) is 13.0 Å². The Labute approximate surface area is 181 Å². The number of carbonyl (C=O) groups excluding carboxylic acids is 2. The van der Waals surface area contributed by atoms with E-state index in [4.69, 9.17) is 4.74 Å². The normalized spacial score (nSPS) is 15.0. The maximum atomic E-state index is 12.8. The Bertz CT molecular complexity index is 1080. The van der Waals surface area contributed by atoms with Crippen LogP contribution in [-0.4, -0.2) is 51.1 Å². The highest BCUT2D eigenvalue weighted by atomic mass is 32.2. The SMILES string of the molecule is C=CCOC(=O)C1=C(C)Nc2nc(SCC(=O)OC)nn2[C@@H]1c1ccccc1[N+](=O)[O-]. The summed E-state index contributed by atoms with van der Waals surface area (Å²) in [7, 11) is 1.27. The zero-order chi connectivity index (χ0) is 22.5. The molecular formula is C19H19N5O6S. The predicted octanol–water partition coefficient (Wildman–Crippen LogP) is 2.47. The topological polar surface area (TPSA) is 138 Å². The molecule has 0 spiro atoms. The number of carbonyl (C=O) groups is 2. The minimum Gasteiger partial charge on any atom is -0.468 e. The van der Waals surface area contributed by atoms with Crippen molar-refractivity contribution < 1.29 is 24.0 Å². The summed E-state index contributed by atoms with van der Waals surface area (Å²) in [6, 6.07) is 5.11. The van der Waals surface area contributed by atoms with Gasteiger partial charge in [-0.15, -0.1) is 5.10 Å². The van der Waals surface area contributed by atoms with E-state index in [0.29, 0.717) is 5.70 Å². The molecule has 0 radical (unpaired) electrons. The number of ether oxygens (including phenoxy) is 2. The first-order chi connectivity index (χ1) is 14.9. The zero-order valence-corrected chi connectivity index (χ0v) is 17.5. The molecular weight excluding hydrogens is 426 g/mol. The standard InChI is InChI=1S/C19H19N5O6S/c1-4-9-30-17(26)15-11(2)20-18-21-19(31-10-14(25)29-3)22-23(18)16(15)12-7-5-6-8-13(12)24(27)28/h4-8,16H,1,9-10H2,2-3H3,(H,20,21,22)/t16-/m1/s1. The van der Waals surface area contributed by atoms with Gasteiger partial charge in [-0.25, -0.2) is 9.48 Å². The summed E-state index contributed by atoms with van der Waals surface area (Å²) in [6.45, 7) is 5.15. The third-order valence-corrected chi connectivity index (χ3v) is 5.17. The Kier molecular flexibility index (Phi) is 6.70. The van der Waals surface area contributed by atoms with Crippen LogP contribution in [0.15, 0.2) is 53.3 Å². The quantitative estimate of drug-likeness (QED) is 0.212. The van der Waals surface area contributed by atoms with Crippen molar-refractivity contribution in [1.82, 2.24) is 14.8 Å². The van der Waals surface area contributed by atoms with Crippen molar-refractivity contribution in [2.24, 2.45) is 0 Å². The maximum absolute atomic E-state index is 12.8. The number of aromatic nitrogens is 3. The van der Waals surface area contributed by atoms with Crippen molar-refractivity contribution in [3.63, 3.8) is 0 Å². The van der Waals surface area contributed by atoms with Gasteiger partial charge in [0.1, 0.15) is 12.6 Å². The summed E-state index contributed by atoms with van der Waals surface area (Å²) in [5, 5.41) is 19.3. The molecule has 11 nitrogen and oxygen atoms in total. The fraction of sp³-hybridized carbons (Fsp3) is 0.263. The molecule has 2 heterocycles. The molecule has 1 aromatic heterocycles. The van der Waals surface area contributed by atoms with Crippen LogP contribution >= 0.6 is 11.8 Å². The number of anilines is 1. The fourth-order valence-corrected chi connectivity index (χ4v) is 3.69. The van der Waals surface area contributed by atoms with Crippen LogP contribution in [0.3, 0.4) is 0 Å². The van der Waals surface area contributed by atoms with E-state index in [1.54, 1.807) is 19.1 Å². The average molecular weight is 445 g/mol. The van der Waals surface area contributed by atoms with Gasteiger partial charge in [-0.2, -0.15) is 4.98 Å².